The molecule has 2 aliphatic heterocycles. The number of ether oxygens (including phenoxy) is 2. The Labute approximate surface area is 261 Å². The molecule has 2 aromatic carbocycles. The van der Waals surface area contributed by atoms with Crippen molar-refractivity contribution in [2.45, 2.75) is 63.2 Å². The summed E-state index contributed by atoms with van der Waals surface area (Å²) in [5, 5.41) is 1.42. The van der Waals surface area contributed by atoms with Crippen molar-refractivity contribution >= 4 is 35.1 Å². The van der Waals surface area contributed by atoms with Gasteiger partial charge in [0.1, 0.15) is 0 Å². The third-order valence-electron chi connectivity index (χ3n) is 8.86. The average Bonchev–Trinajstić information content (AvgIpc) is 2.99. The predicted molar refractivity (Wildman–Crippen MR) is 169 cm³/mol. The Morgan fingerprint density at radius 2 is 1.00 bits per heavy atom. The number of esters is 2. The summed E-state index contributed by atoms with van der Waals surface area (Å²) in [7, 11) is 4.12. The standard InChI is InChI=1S/C34H46Cl2N2O4/c1-37-19-17-29(25-9-13-27(35)14-10-25)31(23-37)33(39)41-21-7-5-3-4-6-8-22-42-34(40)32-24-38(2)20-18-30(32)26-11-15-28(36)16-12-26/h9-16,29-32H,3-8,17-24H2,1-2H3/t29-,30-,31+,32+/m1/s1. The third kappa shape index (κ3) is 9.70. The smallest absolute Gasteiger partial charge is 0.310 e. The van der Waals surface area contributed by atoms with Crippen LogP contribution in [0.4, 0.5) is 0 Å². The minimum Gasteiger partial charge on any atom is -0.465 e. The minimum absolute atomic E-state index is 0.0919. The van der Waals surface area contributed by atoms with Crippen LogP contribution in [0.3, 0.4) is 0 Å². The summed E-state index contributed by atoms with van der Waals surface area (Å²) in [6.07, 6.45) is 7.83. The molecule has 42 heavy (non-hydrogen) atoms. The van der Waals surface area contributed by atoms with Crippen LogP contribution in [-0.2, 0) is 19.1 Å². The van der Waals surface area contributed by atoms with Gasteiger partial charge in [0.15, 0.2) is 0 Å². The van der Waals surface area contributed by atoms with Crippen LogP contribution in [0.5, 0.6) is 0 Å². The van der Waals surface area contributed by atoms with Crippen LogP contribution in [-0.4, -0.2) is 75.2 Å². The van der Waals surface area contributed by atoms with E-state index in [0.29, 0.717) is 23.3 Å². The lowest BCUT2D eigenvalue weighted by Crippen LogP contribution is -2.41. The molecule has 2 aliphatic rings. The number of hydrogen-bond acceptors (Lipinski definition) is 6. The van der Waals surface area contributed by atoms with Crippen LogP contribution < -0.4 is 0 Å². The van der Waals surface area contributed by atoms with E-state index in [-0.39, 0.29) is 35.6 Å². The molecule has 8 heteroatoms. The SMILES string of the molecule is CN1CC[C@H](c2ccc(Cl)cc2)[C@@H](C(=O)OCCCCCCCCOC(=O)[C@H]2CN(C)CC[C@@H]2c2ccc(Cl)cc2)C1. The van der Waals surface area contributed by atoms with E-state index in [1.807, 2.05) is 48.5 Å². The van der Waals surface area contributed by atoms with Crippen molar-refractivity contribution in [3.63, 3.8) is 0 Å². The minimum atomic E-state index is -0.150. The van der Waals surface area contributed by atoms with Gasteiger partial charge in [0, 0.05) is 23.1 Å². The first kappa shape index (κ1) is 32.8. The zero-order valence-electron chi connectivity index (χ0n) is 25.1. The van der Waals surface area contributed by atoms with Crippen molar-refractivity contribution in [2.75, 3.05) is 53.5 Å². The van der Waals surface area contributed by atoms with Crippen LogP contribution in [0.2, 0.25) is 10.0 Å². The molecule has 0 N–H and O–H groups in total. The van der Waals surface area contributed by atoms with E-state index in [1.54, 1.807) is 0 Å². The lowest BCUT2D eigenvalue weighted by Gasteiger charge is -2.35. The zero-order chi connectivity index (χ0) is 29.9. The first-order valence-corrected chi connectivity index (χ1v) is 16.3. The Morgan fingerprint density at radius 3 is 1.38 bits per heavy atom. The predicted octanol–water partition coefficient (Wildman–Crippen LogP) is 7.19. The number of rotatable bonds is 13. The molecule has 0 radical (unpaired) electrons. The monoisotopic (exact) mass is 616 g/mol. The highest BCUT2D eigenvalue weighted by Crippen LogP contribution is 2.35. The van der Waals surface area contributed by atoms with Crippen molar-refractivity contribution in [2.24, 2.45) is 11.8 Å². The summed E-state index contributed by atoms with van der Waals surface area (Å²) >= 11 is 12.1. The molecule has 0 bridgehead atoms. The number of hydrogen-bond donors (Lipinski definition) is 0. The topological polar surface area (TPSA) is 59.1 Å². The van der Waals surface area contributed by atoms with Gasteiger partial charge in [-0.25, -0.2) is 0 Å². The maximum Gasteiger partial charge on any atom is 0.310 e. The number of carbonyl (C=O) groups is 2. The molecule has 0 amide bonds. The third-order valence-corrected chi connectivity index (χ3v) is 9.36. The Kier molecular flexibility index (Phi) is 13.0. The fourth-order valence-electron chi connectivity index (χ4n) is 6.40. The summed E-state index contributed by atoms with van der Waals surface area (Å²) in [4.78, 5) is 30.4. The number of nitrogens with zero attached hydrogens (tertiary/aromatic N) is 2. The Hall–Kier alpha value is -2.12. The second-order valence-corrected chi connectivity index (χ2v) is 13.0. The van der Waals surface area contributed by atoms with Crippen LogP contribution in [0.25, 0.3) is 0 Å². The Bertz CT molecular complexity index is 1040. The summed E-state index contributed by atoms with van der Waals surface area (Å²) in [6, 6.07) is 15.7. The molecular weight excluding hydrogens is 571 g/mol. The molecule has 0 aromatic heterocycles. The highest BCUT2D eigenvalue weighted by atomic mass is 35.5. The van der Waals surface area contributed by atoms with Gasteiger partial charge in [-0.15, -0.1) is 0 Å². The highest BCUT2D eigenvalue weighted by Gasteiger charge is 2.36. The van der Waals surface area contributed by atoms with Crippen LogP contribution in [0, 0.1) is 11.8 Å². The van der Waals surface area contributed by atoms with Crippen molar-refractivity contribution in [1.29, 1.82) is 0 Å². The summed E-state index contributed by atoms with van der Waals surface area (Å²) in [6.45, 7) is 4.31. The second kappa shape index (κ2) is 16.7. The van der Waals surface area contributed by atoms with Gasteiger partial charge in [0.25, 0.3) is 0 Å². The van der Waals surface area contributed by atoms with E-state index < -0.39 is 0 Å². The molecule has 2 heterocycles. The maximum absolute atomic E-state index is 13.0. The van der Waals surface area contributed by atoms with Gasteiger partial charge in [0.05, 0.1) is 25.0 Å². The normalized spacial score (nSPS) is 23.4. The van der Waals surface area contributed by atoms with E-state index in [9.17, 15) is 9.59 Å². The van der Waals surface area contributed by atoms with Crippen molar-refractivity contribution in [3.8, 4) is 0 Å². The molecule has 230 valence electrons. The first-order chi connectivity index (χ1) is 20.3. The van der Waals surface area contributed by atoms with E-state index in [1.165, 1.54) is 0 Å². The highest BCUT2D eigenvalue weighted by molar-refractivity contribution is 6.30. The molecule has 2 saturated heterocycles. The molecule has 2 aromatic rings. The van der Waals surface area contributed by atoms with Crippen LogP contribution >= 0.6 is 23.2 Å². The Morgan fingerprint density at radius 1 is 0.643 bits per heavy atom. The largest absolute Gasteiger partial charge is 0.465 e. The number of piperidine rings is 2. The lowest BCUT2D eigenvalue weighted by molar-refractivity contribution is -0.152. The summed E-state index contributed by atoms with van der Waals surface area (Å²) < 4.78 is 11.5. The fourth-order valence-corrected chi connectivity index (χ4v) is 6.65. The number of carbonyl (C=O) groups excluding carboxylic acids is 2. The van der Waals surface area contributed by atoms with Gasteiger partial charge in [-0.2, -0.15) is 0 Å². The second-order valence-electron chi connectivity index (χ2n) is 12.1. The van der Waals surface area contributed by atoms with E-state index in [4.69, 9.17) is 32.7 Å². The van der Waals surface area contributed by atoms with Gasteiger partial charge in [0.2, 0.25) is 0 Å². The van der Waals surface area contributed by atoms with Crippen LogP contribution in [0.15, 0.2) is 48.5 Å². The number of unbranched alkanes of at least 4 members (excludes halogenated alkanes) is 5. The molecule has 6 nitrogen and oxygen atoms in total. The van der Waals surface area contributed by atoms with Gasteiger partial charge >= 0.3 is 11.9 Å². The fraction of sp³-hybridized carbons (Fsp3) is 0.588. The van der Waals surface area contributed by atoms with Gasteiger partial charge in [-0.05, 0) is 100 Å². The molecule has 4 rings (SSSR count). The van der Waals surface area contributed by atoms with Crippen molar-refractivity contribution in [3.05, 3.63) is 69.7 Å². The summed E-state index contributed by atoms with van der Waals surface area (Å²) in [5.41, 5.74) is 2.32. The van der Waals surface area contributed by atoms with E-state index in [0.717, 1.165) is 88.7 Å². The van der Waals surface area contributed by atoms with Gasteiger partial charge in [-0.1, -0.05) is 73.2 Å². The number of halogens is 2. The number of benzene rings is 2. The number of likely N-dealkylation sites (tertiary alicyclic amines) is 2. The quantitative estimate of drug-likeness (QED) is 0.175. The molecular formula is C34H46Cl2N2O4. The summed E-state index contributed by atoms with van der Waals surface area (Å²) in [5.74, 6) is -0.146. The van der Waals surface area contributed by atoms with Crippen LogP contribution in [0.1, 0.15) is 74.3 Å². The van der Waals surface area contributed by atoms with E-state index in [2.05, 4.69) is 23.9 Å². The molecule has 0 unspecified atom stereocenters. The zero-order valence-corrected chi connectivity index (χ0v) is 26.6. The first-order valence-electron chi connectivity index (χ1n) is 15.5. The maximum atomic E-state index is 13.0. The molecule has 4 atom stereocenters. The average molecular weight is 618 g/mol. The molecule has 0 spiro atoms. The lowest BCUT2D eigenvalue weighted by atomic mass is 9.80. The van der Waals surface area contributed by atoms with E-state index >= 15 is 0 Å². The molecule has 2 fully saturated rings. The van der Waals surface area contributed by atoms with Crippen molar-refractivity contribution < 1.29 is 19.1 Å². The molecule has 0 saturated carbocycles. The molecule has 0 aliphatic carbocycles. The van der Waals surface area contributed by atoms with Gasteiger partial charge in [-0.3, -0.25) is 9.59 Å². The Balaban J connectivity index is 1.08. The van der Waals surface area contributed by atoms with Crippen molar-refractivity contribution in [1.82, 2.24) is 9.80 Å². The van der Waals surface area contributed by atoms with Gasteiger partial charge < -0.3 is 19.3 Å².